The number of amides is 1. The first kappa shape index (κ1) is 21.6. The average Bonchev–Trinajstić information content (AvgIpc) is 3.28. The fraction of sp³-hybridized carbons (Fsp3) is 0.231. The van der Waals surface area contributed by atoms with Crippen molar-refractivity contribution in [2.24, 2.45) is 5.73 Å². The number of rotatable bonds is 6. The molecule has 5 rings (SSSR count). The molecule has 8 nitrogen and oxygen atoms in total. The van der Waals surface area contributed by atoms with Gasteiger partial charge in [0.15, 0.2) is 0 Å². The molecule has 0 unspecified atom stereocenters. The van der Waals surface area contributed by atoms with Crippen molar-refractivity contribution in [2.75, 3.05) is 25.0 Å². The summed E-state index contributed by atoms with van der Waals surface area (Å²) in [4.78, 5) is 17.7. The summed E-state index contributed by atoms with van der Waals surface area (Å²) >= 11 is 0. The highest BCUT2D eigenvalue weighted by atomic mass is 16.1. The van der Waals surface area contributed by atoms with E-state index in [4.69, 9.17) is 5.73 Å². The van der Waals surface area contributed by atoms with E-state index in [0.717, 1.165) is 48.4 Å². The second-order valence-corrected chi connectivity index (χ2v) is 8.56. The zero-order valence-corrected chi connectivity index (χ0v) is 18.7. The third kappa shape index (κ3) is 4.47. The molecule has 1 amide bonds. The van der Waals surface area contributed by atoms with Crippen LogP contribution in [0.25, 0.3) is 16.8 Å². The van der Waals surface area contributed by atoms with Crippen LogP contribution in [0.15, 0.2) is 66.9 Å². The minimum absolute atomic E-state index is 0.268. The van der Waals surface area contributed by atoms with E-state index in [0.29, 0.717) is 24.0 Å². The molecule has 0 bridgehead atoms. The van der Waals surface area contributed by atoms with Crippen LogP contribution in [-0.4, -0.2) is 45.0 Å². The van der Waals surface area contributed by atoms with E-state index in [2.05, 4.69) is 38.5 Å². The van der Waals surface area contributed by atoms with E-state index in [1.807, 2.05) is 42.5 Å². The monoisotopic (exact) mass is 451 g/mol. The van der Waals surface area contributed by atoms with Crippen LogP contribution >= 0.6 is 0 Å². The van der Waals surface area contributed by atoms with Crippen molar-refractivity contribution < 1.29 is 4.79 Å². The minimum atomic E-state index is -0.268. The number of piperidine rings is 1. The molecule has 0 aliphatic carbocycles. The van der Waals surface area contributed by atoms with Crippen molar-refractivity contribution >= 4 is 23.1 Å². The van der Waals surface area contributed by atoms with Crippen LogP contribution in [-0.2, 0) is 4.79 Å². The molecule has 3 N–H and O–H groups in total. The Morgan fingerprint density at radius 2 is 1.85 bits per heavy atom. The van der Waals surface area contributed by atoms with Crippen LogP contribution in [0.5, 0.6) is 0 Å². The zero-order valence-electron chi connectivity index (χ0n) is 18.7. The molecule has 0 atom stereocenters. The fourth-order valence-electron chi connectivity index (χ4n) is 4.58. The van der Waals surface area contributed by atoms with Crippen molar-refractivity contribution in [2.45, 2.75) is 18.8 Å². The van der Waals surface area contributed by atoms with Gasteiger partial charge in [0.1, 0.15) is 0 Å². The number of carbonyl (C=O) groups is 1. The maximum Gasteiger partial charge on any atom is 0.245 e. The van der Waals surface area contributed by atoms with Crippen LogP contribution in [0, 0.1) is 11.3 Å². The lowest BCUT2D eigenvalue weighted by Gasteiger charge is -2.31. The van der Waals surface area contributed by atoms with Gasteiger partial charge in [0.25, 0.3) is 0 Å². The third-order valence-electron chi connectivity index (χ3n) is 6.33. The van der Waals surface area contributed by atoms with Crippen molar-refractivity contribution in [1.82, 2.24) is 19.5 Å². The Kier molecular flexibility index (Phi) is 5.93. The molecule has 170 valence electrons. The van der Waals surface area contributed by atoms with Crippen LogP contribution in [0.2, 0.25) is 0 Å². The molecule has 0 radical (unpaired) electrons. The highest BCUT2D eigenvalue weighted by Gasteiger charge is 2.21. The normalized spacial score (nSPS) is 14.7. The van der Waals surface area contributed by atoms with Crippen molar-refractivity contribution in [3.8, 4) is 17.3 Å². The average molecular weight is 452 g/mol. The van der Waals surface area contributed by atoms with Gasteiger partial charge in [-0.05, 0) is 67.7 Å². The van der Waals surface area contributed by atoms with Gasteiger partial charge in [0, 0.05) is 11.3 Å². The first-order chi connectivity index (χ1) is 16.6. The Labute approximate surface area is 197 Å². The number of nitrogens with zero attached hydrogens (tertiary/aromatic N) is 5. The number of nitrogens with two attached hydrogens (primary N) is 1. The SMILES string of the molecule is N#Cc1ccccc1-c1ccc2cnc(Nc3ccc(C4CCN(CC(N)=O)CC4)cc3)nn12. The van der Waals surface area contributed by atoms with E-state index in [9.17, 15) is 10.1 Å². The van der Waals surface area contributed by atoms with E-state index in [-0.39, 0.29) is 5.91 Å². The van der Waals surface area contributed by atoms with Crippen LogP contribution in [0.4, 0.5) is 11.6 Å². The van der Waals surface area contributed by atoms with Gasteiger partial charge >= 0.3 is 0 Å². The predicted octanol–water partition coefficient (Wildman–Crippen LogP) is 3.68. The number of primary amides is 1. The van der Waals surface area contributed by atoms with Crippen LogP contribution in [0.1, 0.15) is 29.9 Å². The summed E-state index contributed by atoms with van der Waals surface area (Å²) in [6.45, 7) is 2.11. The molecule has 0 saturated carbocycles. The van der Waals surface area contributed by atoms with E-state index in [1.165, 1.54) is 5.56 Å². The Morgan fingerprint density at radius 1 is 1.09 bits per heavy atom. The molecule has 0 spiro atoms. The number of anilines is 2. The fourth-order valence-corrected chi connectivity index (χ4v) is 4.58. The highest BCUT2D eigenvalue weighted by Crippen LogP contribution is 2.29. The lowest BCUT2D eigenvalue weighted by atomic mass is 9.89. The van der Waals surface area contributed by atoms with Gasteiger partial charge in [-0.2, -0.15) is 5.26 Å². The maximum atomic E-state index is 11.1. The number of fused-ring (bicyclic) bond motifs is 1. The second kappa shape index (κ2) is 9.33. The van der Waals surface area contributed by atoms with Crippen LogP contribution in [0.3, 0.4) is 0 Å². The van der Waals surface area contributed by atoms with Gasteiger partial charge in [-0.1, -0.05) is 30.3 Å². The van der Waals surface area contributed by atoms with Crippen molar-refractivity contribution in [3.63, 3.8) is 0 Å². The zero-order chi connectivity index (χ0) is 23.5. The molecule has 1 saturated heterocycles. The Hall–Kier alpha value is -4.22. The van der Waals surface area contributed by atoms with Gasteiger partial charge < -0.3 is 11.1 Å². The summed E-state index contributed by atoms with van der Waals surface area (Å²) < 4.78 is 1.81. The van der Waals surface area contributed by atoms with Crippen molar-refractivity contribution in [3.05, 3.63) is 78.0 Å². The number of carbonyl (C=O) groups excluding carboxylic acids is 1. The number of nitriles is 1. The molecule has 1 aliphatic rings. The number of nitrogens with one attached hydrogen (secondary N) is 1. The van der Waals surface area contributed by atoms with Gasteiger partial charge in [0.05, 0.1) is 35.6 Å². The van der Waals surface area contributed by atoms with Gasteiger partial charge in [-0.3, -0.25) is 9.69 Å². The van der Waals surface area contributed by atoms with Gasteiger partial charge in [-0.25, -0.2) is 9.50 Å². The molecule has 34 heavy (non-hydrogen) atoms. The number of likely N-dealkylation sites (tertiary alicyclic amines) is 1. The second-order valence-electron chi connectivity index (χ2n) is 8.56. The van der Waals surface area contributed by atoms with Crippen molar-refractivity contribution in [1.29, 1.82) is 5.26 Å². The minimum Gasteiger partial charge on any atom is -0.369 e. The number of benzene rings is 2. The third-order valence-corrected chi connectivity index (χ3v) is 6.33. The van der Waals surface area contributed by atoms with Gasteiger partial charge in [-0.15, -0.1) is 5.10 Å². The largest absolute Gasteiger partial charge is 0.369 e. The van der Waals surface area contributed by atoms with E-state index in [1.54, 1.807) is 16.8 Å². The summed E-state index contributed by atoms with van der Waals surface area (Å²) in [6.07, 6.45) is 3.79. The molecule has 1 fully saturated rings. The first-order valence-electron chi connectivity index (χ1n) is 11.3. The Bertz CT molecular complexity index is 1360. The molecule has 2 aromatic heterocycles. The maximum absolute atomic E-state index is 11.1. The summed E-state index contributed by atoms with van der Waals surface area (Å²) in [5, 5.41) is 17.4. The topological polar surface area (TPSA) is 112 Å². The lowest BCUT2D eigenvalue weighted by molar-refractivity contribution is -0.119. The summed E-state index contributed by atoms with van der Waals surface area (Å²) in [7, 11) is 0. The Morgan fingerprint density at radius 3 is 2.59 bits per heavy atom. The molecular formula is C26H25N7O. The van der Waals surface area contributed by atoms with E-state index >= 15 is 0 Å². The molecule has 2 aromatic carbocycles. The lowest BCUT2D eigenvalue weighted by Crippen LogP contribution is -2.39. The Balaban J connectivity index is 1.31. The molecule has 4 aromatic rings. The predicted molar refractivity (Wildman–Crippen MR) is 130 cm³/mol. The number of hydrogen-bond acceptors (Lipinski definition) is 6. The van der Waals surface area contributed by atoms with Gasteiger partial charge in [0.2, 0.25) is 11.9 Å². The van der Waals surface area contributed by atoms with Crippen LogP contribution < -0.4 is 11.1 Å². The molecule has 3 heterocycles. The van der Waals surface area contributed by atoms with E-state index < -0.39 is 0 Å². The summed E-state index contributed by atoms with van der Waals surface area (Å²) in [5.74, 6) is 0.691. The summed E-state index contributed by atoms with van der Waals surface area (Å²) in [6, 6.07) is 22.0. The summed E-state index contributed by atoms with van der Waals surface area (Å²) in [5.41, 5.74) is 10.6. The number of hydrogen-bond donors (Lipinski definition) is 2. The molecule has 1 aliphatic heterocycles. The quantitative estimate of drug-likeness (QED) is 0.462. The highest BCUT2D eigenvalue weighted by molar-refractivity contribution is 5.76. The number of aromatic nitrogens is 3. The molecular weight excluding hydrogens is 426 g/mol. The standard InChI is InChI=1S/C26H25N7O/c27-15-20-3-1-2-4-23(20)24-10-9-22-16-29-26(31-33(22)24)30-21-7-5-18(6-8-21)19-11-13-32(14-12-19)17-25(28)34/h1-10,16,19H,11-14,17H2,(H2,28,34)(H,30,31). The molecule has 8 heteroatoms. The smallest absolute Gasteiger partial charge is 0.245 e. The first-order valence-corrected chi connectivity index (χ1v) is 11.3.